The highest BCUT2D eigenvalue weighted by Crippen LogP contribution is 2.32. The number of hydrogen-bond acceptors (Lipinski definition) is 3. The summed E-state index contributed by atoms with van der Waals surface area (Å²) in [6.45, 7) is 2.47. The van der Waals surface area contributed by atoms with Gasteiger partial charge in [-0.25, -0.2) is 8.42 Å². The first-order chi connectivity index (χ1) is 8.58. The number of sulfonamides is 1. The standard InChI is InChI=1S/C13H19NO3S/c1-3-9-18(15,16)14-8-4-5-11-10-12(17-2)6-7-13(11)14/h6-7,10H,3-5,8-9H2,1-2H3. The third kappa shape index (κ3) is 2.46. The number of rotatable bonds is 4. The van der Waals surface area contributed by atoms with Gasteiger partial charge < -0.3 is 4.74 Å². The maximum Gasteiger partial charge on any atom is 0.235 e. The van der Waals surface area contributed by atoms with Gasteiger partial charge >= 0.3 is 0 Å². The molecule has 0 saturated heterocycles. The molecule has 0 amide bonds. The normalized spacial score (nSPS) is 15.3. The van der Waals surface area contributed by atoms with E-state index in [4.69, 9.17) is 4.74 Å². The Kier molecular flexibility index (Phi) is 3.80. The Balaban J connectivity index is 2.40. The second-order valence-electron chi connectivity index (χ2n) is 4.49. The molecule has 5 heteroatoms. The molecule has 18 heavy (non-hydrogen) atoms. The number of anilines is 1. The molecule has 1 aliphatic rings. The highest BCUT2D eigenvalue weighted by molar-refractivity contribution is 7.92. The average molecular weight is 269 g/mol. The number of benzene rings is 1. The maximum absolute atomic E-state index is 12.2. The molecule has 0 bridgehead atoms. The Morgan fingerprint density at radius 3 is 2.83 bits per heavy atom. The van der Waals surface area contributed by atoms with Crippen LogP contribution in [-0.4, -0.2) is 27.8 Å². The fourth-order valence-electron chi connectivity index (χ4n) is 2.32. The van der Waals surface area contributed by atoms with E-state index in [0.29, 0.717) is 13.0 Å². The molecular formula is C13H19NO3S. The van der Waals surface area contributed by atoms with Crippen LogP contribution in [0.5, 0.6) is 5.75 Å². The van der Waals surface area contributed by atoms with Crippen LogP contribution in [0.1, 0.15) is 25.3 Å². The van der Waals surface area contributed by atoms with E-state index >= 15 is 0 Å². The van der Waals surface area contributed by atoms with Crippen LogP contribution in [0.3, 0.4) is 0 Å². The molecule has 0 saturated carbocycles. The lowest BCUT2D eigenvalue weighted by molar-refractivity contribution is 0.414. The lowest BCUT2D eigenvalue weighted by Gasteiger charge is -2.30. The first-order valence-electron chi connectivity index (χ1n) is 6.26. The van der Waals surface area contributed by atoms with Crippen LogP contribution in [0, 0.1) is 0 Å². The molecule has 0 aliphatic carbocycles. The third-order valence-corrected chi connectivity index (χ3v) is 5.14. The minimum Gasteiger partial charge on any atom is -0.497 e. The lowest BCUT2D eigenvalue weighted by atomic mass is 10.0. The Bertz CT molecular complexity index is 525. The van der Waals surface area contributed by atoms with Crippen molar-refractivity contribution in [2.75, 3.05) is 23.7 Å². The second kappa shape index (κ2) is 5.18. The minimum absolute atomic E-state index is 0.207. The minimum atomic E-state index is -3.17. The third-order valence-electron chi connectivity index (χ3n) is 3.16. The van der Waals surface area contributed by atoms with Gasteiger partial charge in [-0.2, -0.15) is 0 Å². The smallest absolute Gasteiger partial charge is 0.235 e. The van der Waals surface area contributed by atoms with Crippen LogP contribution in [0.2, 0.25) is 0 Å². The lowest BCUT2D eigenvalue weighted by Crippen LogP contribution is -2.36. The Morgan fingerprint density at radius 1 is 1.39 bits per heavy atom. The van der Waals surface area contributed by atoms with Gasteiger partial charge in [-0.1, -0.05) is 6.92 Å². The van der Waals surface area contributed by atoms with E-state index in [0.717, 1.165) is 29.8 Å². The summed E-state index contributed by atoms with van der Waals surface area (Å²) in [4.78, 5) is 0. The Morgan fingerprint density at radius 2 is 2.17 bits per heavy atom. The van der Waals surface area contributed by atoms with E-state index in [9.17, 15) is 8.42 Å². The summed E-state index contributed by atoms with van der Waals surface area (Å²) in [6.07, 6.45) is 2.41. The molecule has 0 radical (unpaired) electrons. The fourth-order valence-corrected chi connectivity index (χ4v) is 3.94. The number of fused-ring (bicyclic) bond motifs is 1. The number of methoxy groups -OCH3 is 1. The summed E-state index contributed by atoms with van der Waals surface area (Å²) in [5.41, 5.74) is 1.87. The molecule has 0 aromatic heterocycles. The van der Waals surface area contributed by atoms with Crippen LogP contribution >= 0.6 is 0 Å². The fraction of sp³-hybridized carbons (Fsp3) is 0.538. The number of aryl methyl sites for hydroxylation is 1. The zero-order valence-corrected chi connectivity index (χ0v) is 11.7. The van der Waals surface area contributed by atoms with Crippen molar-refractivity contribution in [3.05, 3.63) is 23.8 Å². The summed E-state index contributed by atoms with van der Waals surface area (Å²) >= 11 is 0. The summed E-state index contributed by atoms with van der Waals surface area (Å²) in [5, 5.41) is 0. The van der Waals surface area contributed by atoms with Crippen LogP contribution < -0.4 is 9.04 Å². The topological polar surface area (TPSA) is 46.6 Å². The predicted molar refractivity (Wildman–Crippen MR) is 72.7 cm³/mol. The first kappa shape index (κ1) is 13.2. The quantitative estimate of drug-likeness (QED) is 0.841. The van der Waals surface area contributed by atoms with Crippen LogP contribution in [0.4, 0.5) is 5.69 Å². The molecule has 100 valence electrons. The van der Waals surface area contributed by atoms with E-state index in [-0.39, 0.29) is 5.75 Å². The van der Waals surface area contributed by atoms with Gasteiger partial charge in [-0.15, -0.1) is 0 Å². The summed E-state index contributed by atoms with van der Waals surface area (Å²) in [7, 11) is -1.55. The van der Waals surface area contributed by atoms with E-state index in [1.165, 1.54) is 0 Å². The monoisotopic (exact) mass is 269 g/mol. The molecule has 1 heterocycles. The first-order valence-corrected chi connectivity index (χ1v) is 7.86. The van der Waals surface area contributed by atoms with Crippen molar-refractivity contribution >= 4 is 15.7 Å². The van der Waals surface area contributed by atoms with Gasteiger partial charge in [0.1, 0.15) is 5.75 Å². The molecule has 0 N–H and O–H groups in total. The van der Waals surface area contributed by atoms with Gasteiger partial charge in [-0.3, -0.25) is 4.31 Å². The van der Waals surface area contributed by atoms with Crippen LogP contribution in [0.15, 0.2) is 18.2 Å². The molecule has 0 unspecified atom stereocenters. The number of nitrogens with zero attached hydrogens (tertiary/aromatic N) is 1. The molecular weight excluding hydrogens is 250 g/mol. The SMILES string of the molecule is CCCS(=O)(=O)N1CCCc2cc(OC)ccc21. The highest BCUT2D eigenvalue weighted by atomic mass is 32.2. The summed E-state index contributed by atoms with van der Waals surface area (Å²) in [6, 6.07) is 5.60. The van der Waals surface area contributed by atoms with Crippen molar-refractivity contribution in [3.8, 4) is 5.75 Å². The maximum atomic E-state index is 12.2. The van der Waals surface area contributed by atoms with Crippen molar-refractivity contribution in [3.63, 3.8) is 0 Å². The van der Waals surface area contributed by atoms with Crippen molar-refractivity contribution in [1.29, 1.82) is 0 Å². The second-order valence-corrected chi connectivity index (χ2v) is 6.50. The average Bonchev–Trinajstić information content (AvgIpc) is 2.37. The van der Waals surface area contributed by atoms with Crippen LogP contribution in [-0.2, 0) is 16.4 Å². The number of hydrogen-bond donors (Lipinski definition) is 0. The van der Waals surface area contributed by atoms with Gasteiger partial charge in [-0.05, 0) is 43.0 Å². The Labute approximate surface area is 109 Å². The largest absolute Gasteiger partial charge is 0.497 e. The van der Waals surface area contributed by atoms with Gasteiger partial charge in [0, 0.05) is 6.54 Å². The van der Waals surface area contributed by atoms with Crippen LogP contribution in [0.25, 0.3) is 0 Å². The Hall–Kier alpha value is -1.23. The van der Waals surface area contributed by atoms with E-state index in [2.05, 4.69) is 0 Å². The van der Waals surface area contributed by atoms with Crippen molar-refractivity contribution in [2.45, 2.75) is 26.2 Å². The van der Waals surface area contributed by atoms with E-state index in [1.54, 1.807) is 11.4 Å². The molecule has 2 rings (SSSR count). The van der Waals surface area contributed by atoms with Crippen molar-refractivity contribution < 1.29 is 13.2 Å². The van der Waals surface area contributed by atoms with E-state index in [1.807, 2.05) is 25.1 Å². The zero-order chi connectivity index (χ0) is 13.2. The summed E-state index contributed by atoms with van der Waals surface area (Å²) in [5.74, 6) is 0.988. The van der Waals surface area contributed by atoms with Gasteiger partial charge in [0.2, 0.25) is 10.0 Å². The molecule has 0 fully saturated rings. The highest BCUT2D eigenvalue weighted by Gasteiger charge is 2.26. The van der Waals surface area contributed by atoms with Crippen molar-refractivity contribution in [2.24, 2.45) is 0 Å². The molecule has 1 aromatic carbocycles. The van der Waals surface area contributed by atoms with Gasteiger partial charge in [0.05, 0.1) is 18.6 Å². The van der Waals surface area contributed by atoms with Gasteiger partial charge in [0.15, 0.2) is 0 Å². The molecule has 4 nitrogen and oxygen atoms in total. The predicted octanol–water partition coefficient (Wildman–Crippen LogP) is 2.19. The zero-order valence-electron chi connectivity index (χ0n) is 10.8. The van der Waals surface area contributed by atoms with Crippen molar-refractivity contribution in [1.82, 2.24) is 0 Å². The molecule has 0 atom stereocenters. The number of ether oxygens (including phenoxy) is 1. The van der Waals surface area contributed by atoms with Gasteiger partial charge in [0.25, 0.3) is 0 Å². The van der Waals surface area contributed by atoms with E-state index < -0.39 is 10.0 Å². The molecule has 1 aliphatic heterocycles. The summed E-state index contributed by atoms with van der Waals surface area (Å²) < 4.78 is 31.1. The molecule has 0 spiro atoms. The molecule has 1 aromatic rings.